The summed E-state index contributed by atoms with van der Waals surface area (Å²) in [4.78, 5) is 44.4. The highest BCUT2D eigenvalue weighted by Gasteiger charge is 2.24. The molecule has 0 unspecified atom stereocenters. The van der Waals surface area contributed by atoms with Crippen LogP contribution in [-0.2, 0) is 38.0 Å². The van der Waals surface area contributed by atoms with Gasteiger partial charge >= 0.3 is 5.97 Å². The minimum Gasteiger partial charge on any atom is -0.420 e. The van der Waals surface area contributed by atoms with Crippen LogP contribution in [0.25, 0.3) is 17.2 Å². The lowest BCUT2D eigenvalue weighted by molar-refractivity contribution is -0.136. The van der Waals surface area contributed by atoms with Crippen molar-refractivity contribution in [3.05, 3.63) is 88.5 Å². The molecule has 0 saturated carbocycles. The van der Waals surface area contributed by atoms with Crippen molar-refractivity contribution in [2.24, 2.45) is 10.7 Å². The first kappa shape index (κ1) is 50.6. The Morgan fingerprint density at radius 3 is 1.70 bits per heavy atom. The van der Waals surface area contributed by atoms with Gasteiger partial charge in [-0.1, -0.05) is 44.2 Å². The van der Waals surface area contributed by atoms with Crippen LogP contribution in [0.15, 0.2) is 59.1 Å². The van der Waals surface area contributed by atoms with Gasteiger partial charge in [-0.05, 0) is 48.6 Å². The van der Waals surface area contributed by atoms with Crippen LogP contribution in [0.2, 0.25) is 0 Å². The van der Waals surface area contributed by atoms with Gasteiger partial charge in [-0.25, -0.2) is 13.8 Å². The number of ether oxygens (including phenoxy) is 7. The lowest BCUT2D eigenvalue weighted by Gasteiger charge is -2.22. The molecule has 0 saturated heterocycles. The van der Waals surface area contributed by atoms with Crippen molar-refractivity contribution in [3.8, 4) is 16.9 Å². The summed E-state index contributed by atoms with van der Waals surface area (Å²) in [5.41, 5.74) is 10.9. The fraction of sp³-hybridized carbons (Fsp3) is 0.478. The Kier molecular flexibility index (Phi) is 22.4. The average molecular weight is 888 g/mol. The summed E-state index contributed by atoms with van der Waals surface area (Å²) in [6.45, 7) is 8.94. The molecule has 1 amide bonds. The first-order valence-corrected chi connectivity index (χ1v) is 21.1. The van der Waals surface area contributed by atoms with Gasteiger partial charge < -0.3 is 43.8 Å². The van der Waals surface area contributed by atoms with Crippen LogP contribution in [0.3, 0.4) is 0 Å². The maximum Gasteiger partial charge on any atom is 0.313 e. The van der Waals surface area contributed by atoms with Gasteiger partial charge in [0.15, 0.2) is 17.4 Å². The second kappa shape index (κ2) is 27.9. The number of carbonyl (C=O) groups excluding carboxylic acids is 3. The number of fused-ring (bicyclic) bond motifs is 1. The highest BCUT2D eigenvalue weighted by Crippen LogP contribution is 2.32. The van der Waals surface area contributed by atoms with Crippen molar-refractivity contribution in [2.45, 2.75) is 52.4 Å². The van der Waals surface area contributed by atoms with Gasteiger partial charge in [-0.3, -0.25) is 14.4 Å². The molecular formula is C46H57F4N3O10. The molecule has 1 aliphatic heterocycles. The molecule has 0 spiro atoms. The number of hydrogen-bond acceptors (Lipinski definition) is 12. The zero-order chi connectivity index (χ0) is 45.4. The van der Waals surface area contributed by atoms with E-state index in [1.807, 2.05) is 53.4 Å². The molecule has 1 heterocycles. The molecule has 1 aliphatic rings. The molecule has 3 aromatic rings. The van der Waals surface area contributed by atoms with E-state index in [4.69, 9.17) is 34.2 Å². The molecule has 2 N–H and O–H groups in total. The number of esters is 1. The summed E-state index contributed by atoms with van der Waals surface area (Å²) < 4.78 is 90.5. The van der Waals surface area contributed by atoms with Gasteiger partial charge in [0.2, 0.25) is 23.3 Å². The first-order valence-electron chi connectivity index (χ1n) is 21.1. The maximum atomic E-state index is 13.6. The fourth-order valence-corrected chi connectivity index (χ4v) is 6.27. The number of amidine groups is 1. The monoisotopic (exact) mass is 887 g/mol. The predicted octanol–water partition coefficient (Wildman–Crippen LogP) is 7.39. The summed E-state index contributed by atoms with van der Waals surface area (Å²) in [6.07, 6.45) is 4.48. The largest absolute Gasteiger partial charge is 0.420 e. The quantitative estimate of drug-likeness (QED) is 0.0178. The van der Waals surface area contributed by atoms with E-state index in [1.54, 1.807) is 0 Å². The van der Waals surface area contributed by atoms with Crippen molar-refractivity contribution >= 4 is 35.3 Å². The van der Waals surface area contributed by atoms with E-state index in [2.05, 4.69) is 23.6 Å². The van der Waals surface area contributed by atoms with Crippen molar-refractivity contribution in [1.29, 1.82) is 0 Å². The highest BCUT2D eigenvalue weighted by atomic mass is 19.2. The summed E-state index contributed by atoms with van der Waals surface area (Å²) in [6, 6.07) is 13.4. The first-order chi connectivity index (χ1) is 30.5. The normalized spacial score (nSPS) is 12.3. The molecule has 0 atom stereocenters. The topological polar surface area (TPSA) is 157 Å². The number of rotatable bonds is 30. The van der Waals surface area contributed by atoms with Gasteiger partial charge in [0.25, 0.3) is 0 Å². The van der Waals surface area contributed by atoms with Crippen LogP contribution in [0, 0.1) is 23.3 Å². The van der Waals surface area contributed by atoms with Crippen LogP contribution in [0.1, 0.15) is 68.3 Å². The van der Waals surface area contributed by atoms with E-state index in [-0.39, 0.29) is 44.2 Å². The third-order valence-electron chi connectivity index (χ3n) is 9.37. The zero-order valence-electron chi connectivity index (χ0n) is 35.9. The standard InChI is InChI=1S/C46H57F4N3O10/c1-3-14-53(15-4-2)46(56)36-29-35-28-34(11-12-39(35)52-41(51)30-36)32-7-9-33(10-8-32)40(54)6-5-16-57-18-20-59-22-24-61-26-27-62-25-23-60-21-19-58-17-13-42(55)63-45-43(49)37(47)31-38(48)44(45)50/h7-12,28-29,31H,3-6,13-27,30H2,1-2H3,(H2,51,52). The van der Waals surface area contributed by atoms with Gasteiger partial charge in [-0.2, -0.15) is 8.78 Å². The number of aliphatic imine (C=N–C) groups is 1. The van der Waals surface area contributed by atoms with Crippen LogP contribution < -0.4 is 10.5 Å². The van der Waals surface area contributed by atoms with Crippen LogP contribution >= 0.6 is 0 Å². The molecule has 0 aromatic heterocycles. The number of nitrogens with zero attached hydrogens (tertiary/aromatic N) is 2. The van der Waals surface area contributed by atoms with Gasteiger partial charge in [-0.15, -0.1) is 0 Å². The Morgan fingerprint density at radius 2 is 1.16 bits per heavy atom. The van der Waals surface area contributed by atoms with E-state index in [0.717, 1.165) is 29.5 Å². The van der Waals surface area contributed by atoms with Gasteiger partial charge in [0, 0.05) is 55.3 Å². The third kappa shape index (κ3) is 17.2. The molecule has 13 nitrogen and oxygen atoms in total. The Hall–Kier alpha value is -5.04. The molecule has 4 rings (SSSR count). The Labute approximate surface area is 365 Å². The molecule has 3 aromatic carbocycles. The lowest BCUT2D eigenvalue weighted by Crippen LogP contribution is -2.34. The number of Topliss-reactive ketones (excluding diaryl/α,β-unsaturated/α-hetero) is 1. The molecule has 344 valence electrons. The van der Waals surface area contributed by atoms with E-state index in [0.29, 0.717) is 108 Å². The average Bonchev–Trinajstić information content (AvgIpc) is 3.44. The minimum absolute atomic E-state index is 0.0122. The van der Waals surface area contributed by atoms with Gasteiger partial charge in [0.1, 0.15) is 5.84 Å². The SMILES string of the molecule is CCCN(CCC)C(=O)C1=Cc2cc(-c3ccc(C(=O)CCCOCCOCCOCCOCCOCCOCCC(=O)Oc4c(F)c(F)cc(F)c4F)cc3)ccc2N=C(N)C1. The van der Waals surface area contributed by atoms with Gasteiger partial charge in [0.05, 0.1) is 84.8 Å². The predicted molar refractivity (Wildman–Crippen MR) is 228 cm³/mol. The van der Waals surface area contributed by atoms with Crippen LogP contribution in [-0.4, -0.2) is 121 Å². The number of benzene rings is 3. The minimum atomic E-state index is -1.80. The molecule has 0 fully saturated rings. The lowest BCUT2D eigenvalue weighted by atomic mass is 9.98. The third-order valence-corrected chi connectivity index (χ3v) is 9.37. The molecule has 0 aliphatic carbocycles. The van der Waals surface area contributed by atoms with E-state index in [9.17, 15) is 31.9 Å². The van der Waals surface area contributed by atoms with E-state index < -0.39 is 41.4 Å². The van der Waals surface area contributed by atoms with Crippen molar-refractivity contribution < 1.29 is 65.1 Å². The molecule has 63 heavy (non-hydrogen) atoms. The number of carbonyl (C=O) groups is 3. The number of hydrogen-bond donors (Lipinski definition) is 1. The fourth-order valence-electron chi connectivity index (χ4n) is 6.27. The summed E-state index contributed by atoms with van der Waals surface area (Å²) in [5, 5.41) is 0. The molecule has 17 heteroatoms. The Balaban J connectivity index is 0.975. The maximum absolute atomic E-state index is 13.6. The zero-order valence-corrected chi connectivity index (χ0v) is 35.9. The molecule has 0 radical (unpaired) electrons. The van der Waals surface area contributed by atoms with Crippen LogP contribution in [0.4, 0.5) is 23.2 Å². The molecule has 0 bridgehead atoms. The number of nitrogens with two attached hydrogens (primary N) is 1. The number of amides is 1. The van der Waals surface area contributed by atoms with Crippen molar-refractivity contribution in [1.82, 2.24) is 4.90 Å². The second-order valence-corrected chi connectivity index (χ2v) is 14.3. The van der Waals surface area contributed by atoms with E-state index >= 15 is 0 Å². The van der Waals surface area contributed by atoms with E-state index in [1.165, 1.54) is 0 Å². The Bertz CT molecular complexity index is 1970. The number of ketones is 1. The second-order valence-electron chi connectivity index (χ2n) is 14.3. The van der Waals surface area contributed by atoms with Crippen LogP contribution in [0.5, 0.6) is 5.75 Å². The summed E-state index contributed by atoms with van der Waals surface area (Å²) in [7, 11) is 0. The number of halogens is 4. The smallest absolute Gasteiger partial charge is 0.313 e. The Morgan fingerprint density at radius 1 is 0.651 bits per heavy atom. The van der Waals surface area contributed by atoms with Crippen molar-refractivity contribution in [2.75, 3.05) is 92.4 Å². The molecular weight excluding hydrogens is 831 g/mol. The van der Waals surface area contributed by atoms with Crippen molar-refractivity contribution in [3.63, 3.8) is 0 Å². The summed E-state index contributed by atoms with van der Waals surface area (Å²) in [5.74, 6) is -9.10. The highest BCUT2D eigenvalue weighted by molar-refractivity contribution is 6.05. The summed E-state index contributed by atoms with van der Waals surface area (Å²) >= 11 is 0.